The first-order valence-corrected chi connectivity index (χ1v) is 6.33. The largest absolute Gasteiger partial charge is 0.465 e. The van der Waals surface area contributed by atoms with E-state index in [1.54, 1.807) is 31.3 Å². The highest BCUT2D eigenvalue weighted by molar-refractivity contribution is 5.89. The van der Waals surface area contributed by atoms with E-state index in [1.807, 2.05) is 0 Å². The lowest BCUT2D eigenvalue weighted by atomic mass is 10.2. The molecule has 0 aliphatic carbocycles. The molecule has 0 amide bonds. The molecular formula is C14H14N4O4. The molecule has 8 nitrogen and oxygen atoms in total. The molecule has 0 radical (unpaired) electrons. The lowest BCUT2D eigenvalue weighted by Crippen LogP contribution is -2.03. The number of carbonyl (C=O) groups excluding carboxylic acids is 1. The smallest absolute Gasteiger partial charge is 0.337 e. The molecule has 0 unspecified atom stereocenters. The number of nitro groups is 1. The van der Waals surface area contributed by atoms with Crippen LogP contribution in [0.25, 0.3) is 0 Å². The van der Waals surface area contributed by atoms with Gasteiger partial charge in [-0.1, -0.05) is 0 Å². The van der Waals surface area contributed by atoms with Gasteiger partial charge in [0.2, 0.25) is 5.82 Å². The lowest BCUT2D eigenvalue weighted by molar-refractivity contribution is -0.384. The number of hydrogen-bond donors (Lipinski definition) is 2. The summed E-state index contributed by atoms with van der Waals surface area (Å²) >= 11 is 0. The molecule has 8 heteroatoms. The van der Waals surface area contributed by atoms with Gasteiger partial charge in [0.1, 0.15) is 5.82 Å². The molecule has 0 spiro atoms. The summed E-state index contributed by atoms with van der Waals surface area (Å²) in [4.78, 5) is 26.0. The summed E-state index contributed by atoms with van der Waals surface area (Å²) in [6.45, 7) is 0. The van der Waals surface area contributed by atoms with E-state index in [0.29, 0.717) is 17.1 Å². The van der Waals surface area contributed by atoms with Gasteiger partial charge in [-0.3, -0.25) is 10.1 Å². The Morgan fingerprint density at radius 1 is 1.23 bits per heavy atom. The Hall–Kier alpha value is -3.16. The number of benzene rings is 1. The van der Waals surface area contributed by atoms with Crippen LogP contribution in [-0.2, 0) is 4.74 Å². The molecule has 0 fully saturated rings. The number of hydrogen-bond acceptors (Lipinski definition) is 7. The van der Waals surface area contributed by atoms with Crippen LogP contribution in [0.2, 0.25) is 0 Å². The number of aromatic nitrogens is 1. The van der Waals surface area contributed by atoms with E-state index < -0.39 is 10.9 Å². The van der Waals surface area contributed by atoms with E-state index in [9.17, 15) is 14.9 Å². The molecule has 2 rings (SSSR count). The summed E-state index contributed by atoms with van der Waals surface area (Å²) in [5.74, 6) is 0.162. The minimum absolute atomic E-state index is 0.114. The molecule has 1 aromatic carbocycles. The molecule has 0 aliphatic heterocycles. The molecule has 114 valence electrons. The second-order valence-electron chi connectivity index (χ2n) is 4.27. The van der Waals surface area contributed by atoms with Gasteiger partial charge in [0.25, 0.3) is 0 Å². The van der Waals surface area contributed by atoms with Crippen LogP contribution in [0, 0.1) is 10.1 Å². The zero-order valence-electron chi connectivity index (χ0n) is 12.0. The van der Waals surface area contributed by atoms with Crippen molar-refractivity contribution in [2.24, 2.45) is 0 Å². The topological polar surface area (TPSA) is 106 Å². The van der Waals surface area contributed by atoms with E-state index in [2.05, 4.69) is 20.4 Å². The Labute approximate surface area is 126 Å². The molecular weight excluding hydrogens is 288 g/mol. The molecule has 2 N–H and O–H groups in total. The van der Waals surface area contributed by atoms with Crippen molar-refractivity contribution >= 4 is 29.0 Å². The molecule has 1 aromatic heterocycles. The van der Waals surface area contributed by atoms with Crippen LogP contribution < -0.4 is 10.6 Å². The maximum Gasteiger partial charge on any atom is 0.337 e. The van der Waals surface area contributed by atoms with E-state index in [1.165, 1.54) is 19.2 Å². The Kier molecular flexibility index (Phi) is 4.52. The number of ether oxygens (including phenoxy) is 1. The van der Waals surface area contributed by atoms with Gasteiger partial charge in [-0.15, -0.1) is 0 Å². The van der Waals surface area contributed by atoms with Crippen molar-refractivity contribution in [2.75, 3.05) is 24.8 Å². The molecule has 0 bridgehead atoms. The fourth-order valence-corrected chi connectivity index (χ4v) is 1.77. The van der Waals surface area contributed by atoms with Gasteiger partial charge in [0.05, 0.1) is 17.6 Å². The Balaban J connectivity index is 2.29. The highest BCUT2D eigenvalue weighted by atomic mass is 16.6. The minimum atomic E-state index is -0.516. The number of pyridine rings is 1. The average Bonchev–Trinajstić information content (AvgIpc) is 2.54. The van der Waals surface area contributed by atoms with Crippen LogP contribution >= 0.6 is 0 Å². The molecule has 0 atom stereocenters. The standard InChI is InChI=1S/C14H14N4O4/c1-15-12-8-7-11(18(20)21)13(17-12)16-10-5-3-9(4-6-10)14(19)22-2/h3-8H,1-2H3,(H2,15,16,17). The van der Waals surface area contributed by atoms with Crippen LogP contribution in [0.1, 0.15) is 10.4 Å². The third kappa shape index (κ3) is 3.29. The number of nitrogens with zero attached hydrogens (tertiary/aromatic N) is 2. The van der Waals surface area contributed by atoms with Crippen molar-refractivity contribution in [3.8, 4) is 0 Å². The van der Waals surface area contributed by atoms with Gasteiger partial charge >= 0.3 is 11.7 Å². The van der Waals surface area contributed by atoms with E-state index in [4.69, 9.17) is 0 Å². The quantitative estimate of drug-likeness (QED) is 0.496. The van der Waals surface area contributed by atoms with Gasteiger partial charge in [0, 0.05) is 18.8 Å². The molecule has 2 aromatic rings. The van der Waals surface area contributed by atoms with Crippen LogP contribution in [0.3, 0.4) is 0 Å². The van der Waals surface area contributed by atoms with Crippen molar-refractivity contribution in [3.63, 3.8) is 0 Å². The first kappa shape index (κ1) is 15.2. The Morgan fingerprint density at radius 2 is 1.91 bits per heavy atom. The summed E-state index contributed by atoms with van der Waals surface area (Å²) < 4.78 is 4.61. The first-order chi connectivity index (χ1) is 10.5. The normalized spacial score (nSPS) is 9.91. The van der Waals surface area contributed by atoms with Gasteiger partial charge < -0.3 is 15.4 Å². The van der Waals surface area contributed by atoms with Crippen molar-refractivity contribution in [1.82, 2.24) is 4.98 Å². The van der Waals surface area contributed by atoms with Crippen molar-refractivity contribution in [3.05, 3.63) is 52.1 Å². The van der Waals surface area contributed by atoms with Gasteiger partial charge in [-0.2, -0.15) is 0 Å². The SMILES string of the molecule is CNc1ccc([N+](=O)[O-])c(Nc2ccc(C(=O)OC)cc2)n1. The summed E-state index contributed by atoms with van der Waals surface area (Å²) in [7, 11) is 2.97. The maximum atomic E-state index is 11.4. The summed E-state index contributed by atoms with van der Waals surface area (Å²) in [5.41, 5.74) is 0.812. The van der Waals surface area contributed by atoms with E-state index in [-0.39, 0.29) is 11.5 Å². The van der Waals surface area contributed by atoms with Crippen molar-refractivity contribution < 1.29 is 14.5 Å². The van der Waals surface area contributed by atoms with Crippen LogP contribution in [0.5, 0.6) is 0 Å². The average molecular weight is 302 g/mol. The second-order valence-corrected chi connectivity index (χ2v) is 4.27. The van der Waals surface area contributed by atoms with Crippen molar-refractivity contribution in [1.29, 1.82) is 0 Å². The van der Waals surface area contributed by atoms with Gasteiger partial charge in [-0.25, -0.2) is 9.78 Å². The third-order valence-electron chi connectivity index (χ3n) is 2.90. The van der Waals surface area contributed by atoms with Crippen LogP contribution in [-0.4, -0.2) is 30.0 Å². The number of carbonyl (C=O) groups is 1. The maximum absolute atomic E-state index is 11.4. The molecule has 22 heavy (non-hydrogen) atoms. The molecule has 0 saturated carbocycles. The third-order valence-corrected chi connectivity index (χ3v) is 2.90. The van der Waals surface area contributed by atoms with Gasteiger partial charge in [-0.05, 0) is 30.3 Å². The monoisotopic (exact) mass is 302 g/mol. The summed E-state index contributed by atoms with van der Waals surface area (Å²) in [6, 6.07) is 9.23. The van der Waals surface area contributed by atoms with E-state index in [0.717, 1.165) is 0 Å². The number of esters is 1. The van der Waals surface area contributed by atoms with Gasteiger partial charge in [0.15, 0.2) is 0 Å². The van der Waals surface area contributed by atoms with Crippen LogP contribution in [0.4, 0.5) is 23.0 Å². The van der Waals surface area contributed by atoms with Crippen molar-refractivity contribution in [2.45, 2.75) is 0 Å². The molecule has 0 aliphatic rings. The molecule has 1 heterocycles. The first-order valence-electron chi connectivity index (χ1n) is 6.33. The molecule has 0 saturated heterocycles. The summed E-state index contributed by atoms with van der Waals surface area (Å²) in [5, 5.41) is 16.7. The van der Waals surface area contributed by atoms with E-state index >= 15 is 0 Å². The number of rotatable bonds is 5. The minimum Gasteiger partial charge on any atom is -0.465 e. The fourth-order valence-electron chi connectivity index (χ4n) is 1.77. The number of anilines is 3. The number of nitrogens with one attached hydrogen (secondary N) is 2. The summed E-state index contributed by atoms with van der Waals surface area (Å²) in [6.07, 6.45) is 0. The zero-order chi connectivity index (χ0) is 16.1. The van der Waals surface area contributed by atoms with Crippen LogP contribution in [0.15, 0.2) is 36.4 Å². The Morgan fingerprint density at radius 3 is 2.45 bits per heavy atom. The Bertz CT molecular complexity index is 700. The second kappa shape index (κ2) is 6.53. The lowest BCUT2D eigenvalue weighted by Gasteiger charge is -2.08. The predicted molar refractivity (Wildman–Crippen MR) is 81.5 cm³/mol. The highest BCUT2D eigenvalue weighted by Crippen LogP contribution is 2.27. The number of methoxy groups -OCH3 is 1. The highest BCUT2D eigenvalue weighted by Gasteiger charge is 2.16. The zero-order valence-corrected chi connectivity index (χ0v) is 12.0. The fraction of sp³-hybridized carbons (Fsp3) is 0.143. The predicted octanol–water partition coefficient (Wildman–Crippen LogP) is 2.56.